The number of nitrogens with zero attached hydrogens (tertiary/aromatic N) is 1. The van der Waals surface area contributed by atoms with Gasteiger partial charge in [0, 0.05) is 17.2 Å². The SMILES string of the molecule is O=C(Cc1cccc(Cl)c1)N[C@@H](Cc1ccc([N+](=O)[O-])cc1)C1=CO[C@@H](c2cccs2)N1. The number of carbonyl (C=O) groups excluding carboxylic acids is 1. The van der Waals surface area contributed by atoms with Crippen LogP contribution in [0.1, 0.15) is 22.2 Å². The Morgan fingerprint density at radius 1 is 1.19 bits per heavy atom. The third kappa shape index (κ3) is 5.46. The Morgan fingerprint density at radius 2 is 2.00 bits per heavy atom. The van der Waals surface area contributed by atoms with Gasteiger partial charge in [-0.3, -0.25) is 14.9 Å². The highest BCUT2D eigenvalue weighted by Gasteiger charge is 2.27. The lowest BCUT2D eigenvalue weighted by Gasteiger charge is -2.21. The Bertz CT molecular complexity index is 1130. The summed E-state index contributed by atoms with van der Waals surface area (Å²) < 4.78 is 5.77. The molecule has 1 amide bonds. The molecule has 4 rings (SSSR count). The number of amides is 1. The topological polar surface area (TPSA) is 93.5 Å². The van der Waals surface area contributed by atoms with Crippen LogP contribution in [0.2, 0.25) is 5.02 Å². The summed E-state index contributed by atoms with van der Waals surface area (Å²) in [5.74, 6) is -0.165. The minimum absolute atomic E-state index is 0.0228. The number of hydrogen-bond acceptors (Lipinski definition) is 6. The van der Waals surface area contributed by atoms with E-state index in [0.29, 0.717) is 11.4 Å². The van der Waals surface area contributed by atoms with Crippen molar-refractivity contribution in [3.05, 3.63) is 109 Å². The number of hydrogen-bond donors (Lipinski definition) is 2. The number of thiophene rings is 1. The van der Waals surface area contributed by atoms with Crippen molar-refractivity contribution >= 4 is 34.5 Å². The molecule has 2 heterocycles. The minimum atomic E-state index is -0.436. The largest absolute Gasteiger partial charge is 0.471 e. The molecule has 32 heavy (non-hydrogen) atoms. The first-order valence-electron chi connectivity index (χ1n) is 9.90. The van der Waals surface area contributed by atoms with Crippen molar-refractivity contribution in [2.75, 3.05) is 0 Å². The van der Waals surface area contributed by atoms with Gasteiger partial charge in [0.2, 0.25) is 12.1 Å². The molecular formula is C23H20ClN3O4S. The maximum absolute atomic E-state index is 12.8. The second kappa shape index (κ2) is 9.84. The van der Waals surface area contributed by atoms with Gasteiger partial charge in [-0.15, -0.1) is 11.3 Å². The summed E-state index contributed by atoms with van der Waals surface area (Å²) in [5, 5.41) is 19.9. The Balaban J connectivity index is 1.49. The summed E-state index contributed by atoms with van der Waals surface area (Å²) in [7, 11) is 0. The monoisotopic (exact) mass is 469 g/mol. The molecule has 2 aromatic carbocycles. The normalized spacial score (nSPS) is 15.9. The van der Waals surface area contributed by atoms with Crippen molar-refractivity contribution < 1.29 is 14.5 Å². The Hall–Kier alpha value is -3.36. The van der Waals surface area contributed by atoms with E-state index in [9.17, 15) is 14.9 Å². The molecule has 1 aliphatic heterocycles. The molecule has 7 nitrogen and oxygen atoms in total. The van der Waals surface area contributed by atoms with Crippen LogP contribution < -0.4 is 10.6 Å². The van der Waals surface area contributed by atoms with Crippen LogP contribution in [0, 0.1) is 10.1 Å². The van der Waals surface area contributed by atoms with Gasteiger partial charge in [-0.05, 0) is 41.1 Å². The van der Waals surface area contributed by atoms with Gasteiger partial charge in [-0.2, -0.15) is 0 Å². The molecule has 1 aromatic heterocycles. The van der Waals surface area contributed by atoms with Crippen molar-refractivity contribution in [3.8, 4) is 0 Å². The lowest BCUT2D eigenvalue weighted by molar-refractivity contribution is -0.384. The fraction of sp³-hybridized carbons (Fsp3) is 0.174. The van der Waals surface area contributed by atoms with E-state index >= 15 is 0 Å². The molecule has 3 aromatic rings. The first kappa shape index (κ1) is 21.9. The Kier molecular flexibility index (Phi) is 6.72. The van der Waals surface area contributed by atoms with E-state index in [-0.39, 0.29) is 24.2 Å². The zero-order valence-corrected chi connectivity index (χ0v) is 18.4. The molecule has 0 fully saturated rings. The summed E-state index contributed by atoms with van der Waals surface area (Å²) in [5.41, 5.74) is 2.42. The van der Waals surface area contributed by atoms with Crippen molar-refractivity contribution in [3.63, 3.8) is 0 Å². The minimum Gasteiger partial charge on any atom is -0.471 e. The number of nitro groups is 1. The molecule has 0 saturated carbocycles. The molecule has 0 saturated heterocycles. The summed E-state index contributed by atoms with van der Waals surface area (Å²) in [6.45, 7) is 0. The standard InChI is InChI=1S/C23H20ClN3O4S/c24-17-4-1-3-16(11-17)13-22(28)25-19(12-15-6-8-18(9-7-15)27(29)30)20-14-31-23(26-20)21-5-2-10-32-21/h1-11,14,19,23,26H,12-13H2,(H,25,28)/t19-,23-/m0/s1. The molecule has 1 aliphatic rings. The van der Waals surface area contributed by atoms with Crippen molar-refractivity contribution in [1.82, 2.24) is 10.6 Å². The van der Waals surface area contributed by atoms with Crippen LogP contribution in [-0.2, 0) is 22.4 Å². The highest BCUT2D eigenvalue weighted by molar-refractivity contribution is 7.10. The number of benzene rings is 2. The first-order chi connectivity index (χ1) is 15.5. The number of halogens is 1. The van der Waals surface area contributed by atoms with E-state index in [2.05, 4.69) is 10.6 Å². The van der Waals surface area contributed by atoms with E-state index < -0.39 is 11.0 Å². The molecule has 0 spiro atoms. The van der Waals surface area contributed by atoms with Gasteiger partial charge in [-0.25, -0.2) is 0 Å². The van der Waals surface area contributed by atoms with E-state index in [1.165, 1.54) is 12.1 Å². The highest BCUT2D eigenvalue weighted by atomic mass is 35.5. The van der Waals surface area contributed by atoms with Crippen molar-refractivity contribution in [2.24, 2.45) is 0 Å². The third-order valence-corrected chi connectivity index (χ3v) is 6.13. The van der Waals surface area contributed by atoms with Gasteiger partial charge >= 0.3 is 0 Å². The van der Waals surface area contributed by atoms with Crippen LogP contribution in [0.25, 0.3) is 0 Å². The number of ether oxygens (including phenoxy) is 1. The first-order valence-corrected chi connectivity index (χ1v) is 11.2. The molecule has 9 heteroatoms. The lowest BCUT2D eigenvalue weighted by atomic mass is 10.0. The van der Waals surface area contributed by atoms with E-state index in [0.717, 1.165) is 21.7 Å². The summed E-state index contributed by atoms with van der Waals surface area (Å²) in [6, 6.07) is 17.0. The number of nitrogens with one attached hydrogen (secondary N) is 2. The van der Waals surface area contributed by atoms with Gasteiger partial charge in [0.15, 0.2) is 0 Å². The van der Waals surface area contributed by atoms with Crippen molar-refractivity contribution in [2.45, 2.75) is 25.1 Å². The zero-order chi connectivity index (χ0) is 22.5. The van der Waals surface area contributed by atoms with Crippen LogP contribution in [0.3, 0.4) is 0 Å². The Labute approximate surface area is 193 Å². The summed E-state index contributed by atoms with van der Waals surface area (Å²) >= 11 is 7.61. The molecule has 2 N–H and O–H groups in total. The van der Waals surface area contributed by atoms with E-state index in [1.807, 2.05) is 23.6 Å². The predicted octanol–water partition coefficient (Wildman–Crippen LogP) is 4.74. The maximum Gasteiger partial charge on any atom is 0.269 e. The van der Waals surface area contributed by atoms with Crippen LogP contribution >= 0.6 is 22.9 Å². The zero-order valence-electron chi connectivity index (χ0n) is 16.9. The predicted molar refractivity (Wildman–Crippen MR) is 123 cm³/mol. The van der Waals surface area contributed by atoms with Crippen LogP contribution in [0.15, 0.2) is 78.0 Å². The van der Waals surface area contributed by atoms with Gasteiger partial charge in [-0.1, -0.05) is 41.9 Å². The summed E-state index contributed by atoms with van der Waals surface area (Å²) in [6.07, 6.45) is 1.94. The Morgan fingerprint density at radius 3 is 2.69 bits per heavy atom. The van der Waals surface area contributed by atoms with Gasteiger partial charge in [0.25, 0.3) is 5.69 Å². The van der Waals surface area contributed by atoms with Gasteiger partial charge in [0.05, 0.1) is 28.0 Å². The summed E-state index contributed by atoms with van der Waals surface area (Å²) in [4.78, 5) is 24.3. The average molecular weight is 470 g/mol. The van der Waals surface area contributed by atoms with E-state index in [4.69, 9.17) is 16.3 Å². The fourth-order valence-corrected chi connectivity index (χ4v) is 4.35. The third-order valence-electron chi connectivity index (χ3n) is 4.98. The molecule has 0 bridgehead atoms. The smallest absolute Gasteiger partial charge is 0.269 e. The van der Waals surface area contributed by atoms with Crippen molar-refractivity contribution in [1.29, 1.82) is 0 Å². The van der Waals surface area contributed by atoms with Crippen LogP contribution in [-0.4, -0.2) is 16.9 Å². The van der Waals surface area contributed by atoms with Gasteiger partial charge < -0.3 is 15.4 Å². The second-order valence-corrected chi connectivity index (χ2v) is 8.72. The molecule has 0 aliphatic carbocycles. The van der Waals surface area contributed by atoms with Gasteiger partial charge in [0.1, 0.15) is 6.26 Å². The van der Waals surface area contributed by atoms with Crippen LogP contribution in [0.5, 0.6) is 0 Å². The lowest BCUT2D eigenvalue weighted by Crippen LogP contribution is -2.41. The molecule has 164 valence electrons. The molecule has 0 unspecified atom stereocenters. The highest BCUT2D eigenvalue weighted by Crippen LogP contribution is 2.27. The number of carbonyl (C=O) groups is 1. The number of nitro benzene ring substituents is 1. The number of rotatable bonds is 8. The molecule has 2 atom stereocenters. The molecular weight excluding hydrogens is 450 g/mol. The van der Waals surface area contributed by atoms with E-state index in [1.54, 1.807) is 47.9 Å². The van der Waals surface area contributed by atoms with Crippen LogP contribution in [0.4, 0.5) is 5.69 Å². The average Bonchev–Trinajstić information content (AvgIpc) is 3.46. The fourth-order valence-electron chi connectivity index (χ4n) is 3.43. The second-order valence-electron chi connectivity index (χ2n) is 7.30. The quantitative estimate of drug-likeness (QED) is 0.367. The molecule has 0 radical (unpaired) electrons. The maximum atomic E-state index is 12.8. The number of non-ortho nitro benzene ring substituents is 1.